The molecule has 0 bridgehead atoms. The predicted octanol–water partition coefficient (Wildman–Crippen LogP) is 2.29. The van der Waals surface area contributed by atoms with Gasteiger partial charge in [-0.25, -0.2) is 9.78 Å². The highest BCUT2D eigenvalue weighted by molar-refractivity contribution is 5.87. The molecule has 94 valence electrons. The molecule has 0 unspecified atom stereocenters. The lowest BCUT2D eigenvalue weighted by molar-refractivity contribution is -0.142. The van der Waals surface area contributed by atoms with Crippen LogP contribution >= 0.6 is 0 Å². The van der Waals surface area contributed by atoms with Crippen LogP contribution in [-0.2, 0) is 10.9 Å². The number of methoxy groups -OCH3 is 1. The van der Waals surface area contributed by atoms with Crippen LogP contribution in [0.2, 0.25) is 0 Å². The van der Waals surface area contributed by atoms with Crippen molar-refractivity contribution in [2.45, 2.75) is 13.1 Å². The maximum atomic E-state index is 12.6. The number of esters is 1. The summed E-state index contributed by atoms with van der Waals surface area (Å²) in [7, 11) is 1.09. The summed E-state index contributed by atoms with van der Waals surface area (Å²) in [5.41, 5.74) is -1.65. The summed E-state index contributed by atoms with van der Waals surface area (Å²) in [5, 5.41) is 0. The highest BCUT2D eigenvalue weighted by Gasteiger charge is 2.37. The van der Waals surface area contributed by atoms with Crippen molar-refractivity contribution in [3.63, 3.8) is 0 Å². The molecule has 0 spiro atoms. The normalized spacial score (nSPS) is 11.1. The van der Waals surface area contributed by atoms with Gasteiger partial charge in [-0.15, -0.1) is 0 Å². The van der Waals surface area contributed by atoms with Crippen LogP contribution in [0.25, 0.3) is 0 Å². The Balaban J connectivity index is 3.18. The van der Waals surface area contributed by atoms with Crippen LogP contribution in [0.1, 0.15) is 23.1 Å². The van der Waals surface area contributed by atoms with E-state index in [0.717, 1.165) is 19.2 Å². The predicted molar refractivity (Wildman–Crippen MR) is 51.7 cm³/mol. The number of carbonyl (C=O) groups excluding carboxylic acids is 1. The van der Waals surface area contributed by atoms with E-state index in [9.17, 15) is 18.0 Å². The number of ether oxygens (including phenoxy) is 2. The molecule has 7 heteroatoms. The van der Waals surface area contributed by atoms with Crippen molar-refractivity contribution in [2.24, 2.45) is 0 Å². The van der Waals surface area contributed by atoms with Crippen LogP contribution in [0.5, 0.6) is 5.75 Å². The van der Waals surface area contributed by atoms with Crippen molar-refractivity contribution >= 4 is 5.97 Å². The Kier molecular flexibility index (Phi) is 3.93. The second kappa shape index (κ2) is 5.03. The van der Waals surface area contributed by atoms with E-state index < -0.39 is 29.3 Å². The molecule has 0 amide bonds. The van der Waals surface area contributed by atoms with Gasteiger partial charge in [0, 0.05) is 0 Å². The molecule has 0 aromatic carbocycles. The van der Waals surface area contributed by atoms with Crippen molar-refractivity contribution in [3.8, 4) is 5.75 Å². The van der Waals surface area contributed by atoms with E-state index in [1.165, 1.54) is 0 Å². The largest absolute Gasteiger partial charge is 0.494 e. The SMILES string of the molecule is CCOC(=O)c1ccc(OC)c(C(F)(F)F)n1. The third kappa shape index (κ3) is 3.08. The molecule has 0 radical (unpaired) electrons. The second-order valence-electron chi connectivity index (χ2n) is 2.97. The molecule has 0 saturated carbocycles. The van der Waals surface area contributed by atoms with E-state index >= 15 is 0 Å². The maximum Gasteiger partial charge on any atom is 0.437 e. The fraction of sp³-hybridized carbons (Fsp3) is 0.400. The Morgan fingerprint density at radius 1 is 1.41 bits per heavy atom. The summed E-state index contributed by atoms with van der Waals surface area (Å²) >= 11 is 0. The fourth-order valence-electron chi connectivity index (χ4n) is 1.13. The van der Waals surface area contributed by atoms with Crippen LogP contribution < -0.4 is 4.74 Å². The van der Waals surface area contributed by atoms with Crippen LogP contribution in [0, 0.1) is 0 Å². The van der Waals surface area contributed by atoms with E-state index in [4.69, 9.17) is 0 Å². The molecule has 0 aliphatic heterocycles. The Morgan fingerprint density at radius 2 is 2.06 bits per heavy atom. The summed E-state index contributed by atoms with van der Waals surface area (Å²) in [6.45, 7) is 1.61. The number of halogens is 3. The van der Waals surface area contributed by atoms with Gasteiger partial charge < -0.3 is 9.47 Å². The molecule has 1 heterocycles. The van der Waals surface area contributed by atoms with Gasteiger partial charge >= 0.3 is 12.1 Å². The molecule has 0 aliphatic rings. The first-order valence-electron chi connectivity index (χ1n) is 4.69. The molecule has 0 saturated heterocycles. The lowest BCUT2D eigenvalue weighted by Gasteiger charge is -2.11. The summed E-state index contributed by atoms with van der Waals surface area (Å²) in [6.07, 6.45) is -4.69. The Bertz CT molecular complexity index is 418. The summed E-state index contributed by atoms with van der Waals surface area (Å²) in [5.74, 6) is -1.34. The molecule has 0 atom stereocenters. The van der Waals surface area contributed by atoms with Crippen molar-refractivity contribution < 1.29 is 27.4 Å². The first-order chi connectivity index (χ1) is 7.90. The van der Waals surface area contributed by atoms with Crippen molar-refractivity contribution in [1.82, 2.24) is 4.98 Å². The van der Waals surface area contributed by atoms with Gasteiger partial charge in [-0.3, -0.25) is 0 Å². The number of pyridine rings is 1. The molecular formula is C10H10F3NO3. The van der Waals surface area contributed by atoms with Gasteiger partial charge in [-0.2, -0.15) is 13.2 Å². The third-order valence-corrected chi connectivity index (χ3v) is 1.83. The number of hydrogen-bond acceptors (Lipinski definition) is 4. The number of aromatic nitrogens is 1. The minimum Gasteiger partial charge on any atom is -0.494 e. The topological polar surface area (TPSA) is 48.4 Å². The third-order valence-electron chi connectivity index (χ3n) is 1.83. The molecular weight excluding hydrogens is 239 g/mol. The lowest BCUT2D eigenvalue weighted by Crippen LogP contribution is -2.15. The van der Waals surface area contributed by atoms with Crippen LogP contribution in [0.4, 0.5) is 13.2 Å². The van der Waals surface area contributed by atoms with Crippen LogP contribution in [0.15, 0.2) is 12.1 Å². The second-order valence-corrected chi connectivity index (χ2v) is 2.97. The van der Waals surface area contributed by atoms with Crippen molar-refractivity contribution in [1.29, 1.82) is 0 Å². The zero-order valence-electron chi connectivity index (χ0n) is 9.17. The van der Waals surface area contributed by atoms with E-state index in [2.05, 4.69) is 14.5 Å². The van der Waals surface area contributed by atoms with Gasteiger partial charge in [0.15, 0.2) is 5.69 Å². The number of rotatable bonds is 3. The van der Waals surface area contributed by atoms with E-state index in [1.54, 1.807) is 6.92 Å². The molecule has 1 aromatic heterocycles. The Labute approximate surface area is 95.4 Å². The smallest absolute Gasteiger partial charge is 0.437 e. The number of carbonyl (C=O) groups is 1. The molecule has 17 heavy (non-hydrogen) atoms. The quantitative estimate of drug-likeness (QED) is 0.771. The van der Waals surface area contributed by atoms with Crippen molar-refractivity contribution in [2.75, 3.05) is 13.7 Å². The van der Waals surface area contributed by atoms with Gasteiger partial charge in [0.1, 0.15) is 11.4 Å². The average molecular weight is 249 g/mol. The van der Waals surface area contributed by atoms with E-state index in [-0.39, 0.29) is 6.61 Å². The van der Waals surface area contributed by atoms with Crippen LogP contribution in [-0.4, -0.2) is 24.7 Å². The zero-order chi connectivity index (χ0) is 13.1. The summed E-state index contributed by atoms with van der Waals surface area (Å²) in [4.78, 5) is 14.4. The summed E-state index contributed by atoms with van der Waals surface area (Å²) in [6, 6.07) is 2.15. The van der Waals surface area contributed by atoms with Gasteiger partial charge in [0.2, 0.25) is 0 Å². The highest BCUT2D eigenvalue weighted by atomic mass is 19.4. The summed E-state index contributed by atoms with van der Waals surface area (Å²) < 4.78 is 46.8. The standard InChI is InChI=1S/C10H10F3NO3/c1-3-17-9(15)6-4-5-7(16-2)8(14-6)10(11,12)13/h4-5H,3H2,1-2H3. The Hall–Kier alpha value is -1.79. The van der Waals surface area contributed by atoms with E-state index in [0.29, 0.717) is 0 Å². The Morgan fingerprint density at radius 3 is 2.53 bits per heavy atom. The van der Waals surface area contributed by atoms with Gasteiger partial charge in [-0.1, -0.05) is 0 Å². The van der Waals surface area contributed by atoms with Gasteiger partial charge in [0.25, 0.3) is 0 Å². The van der Waals surface area contributed by atoms with Gasteiger partial charge in [-0.05, 0) is 19.1 Å². The number of alkyl halides is 3. The molecule has 1 rings (SSSR count). The molecule has 1 aromatic rings. The molecule has 0 N–H and O–H groups in total. The first-order valence-corrected chi connectivity index (χ1v) is 4.69. The number of hydrogen-bond donors (Lipinski definition) is 0. The highest BCUT2D eigenvalue weighted by Crippen LogP contribution is 2.34. The maximum absolute atomic E-state index is 12.6. The minimum atomic E-state index is -4.69. The zero-order valence-corrected chi connectivity index (χ0v) is 9.17. The van der Waals surface area contributed by atoms with E-state index in [1.807, 2.05) is 0 Å². The monoisotopic (exact) mass is 249 g/mol. The van der Waals surface area contributed by atoms with Crippen molar-refractivity contribution in [3.05, 3.63) is 23.5 Å². The lowest BCUT2D eigenvalue weighted by atomic mass is 10.2. The first kappa shape index (κ1) is 13.3. The molecule has 0 aliphatic carbocycles. The fourth-order valence-corrected chi connectivity index (χ4v) is 1.13. The minimum absolute atomic E-state index is 0.0634. The molecule has 0 fully saturated rings. The molecule has 4 nitrogen and oxygen atoms in total. The average Bonchev–Trinajstić information content (AvgIpc) is 2.27. The van der Waals surface area contributed by atoms with Crippen LogP contribution in [0.3, 0.4) is 0 Å². The number of nitrogens with zero attached hydrogens (tertiary/aromatic N) is 1. The van der Waals surface area contributed by atoms with Gasteiger partial charge in [0.05, 0.1) is 13.7 Å².